The molecule has 0 saturated carbocycles. The van der Waals surface area contributed by atoms with Crippen molar-refractivity contribution >= 4 is 47.1 Å². The first-order valence-electron chi connectivity index (χ1n) is 7.89. The Balaban J connectivity index is 1.74. The van der Waals surface area contributed by atoms with Crippen LogP contribution >= 0.6 is 12.2 Å². The number of rotatable bonds is 4. The monoisotopic (exact) mass is 380 g/mol. The zero-order valence-corrected chi connectivity index (χ0v) is 14.7. The minimum atomic E-state index is -0.572. The minimum absolute atomic E-state index is 0.00217. The molecule has 2 amide bonds. The molecule has 134 valence electrons. The third kappa shape index (κ3) is 4.39. The predicted molar refractivity (Wildman–Crippen MR) is 103 cm³/mol. The van der Waals surface area contributed by atoms with E-state index in [9.17, 15) is 18.8 Å². The first-order valence-corrected chi connectivity index (χ1v) is 8.30. The van der Waals surface area contributed by atoms with E-state index >= 15 is 0 Å². The highest BCUT2D eigenvalue weighted by Crippen LogP contribution is 2.13. The second kappa shape index (κ2) is 7.84. The van der Waals surface area contributed by atoms with Crippen LogP contribution in [0, 0.1) is 5.82 Å². The highest BCUT2D eigenvalue weighted by molar-refractivity contribution is 7.80. The van der Waals surface area contributed by atoms with Crippen LogP contribution in [0.2, 0.25) is 0 Å². The Hall–Kier alpha value is -3.45. The summed E-state index contributed by atoms with van der Waals surface area (Å²) in [6, 6.07) is 12.6. The molecule has 0 spiro atoms. The summed E-state index contributed by atoms with van der Waals surface area (Å²) in [6.45, 7) is 0. The maximum Gasteiger partial charge on any atom is 0.263 e. The third-order valence-electron chi connectivity index (χ3n) is 3.76. The predicted octanol–water partition coefficient (Wildman–Crippen LogP) is 2.64. The summed E-state index contributed by atoms with van der Waals surface area (Å²) in [4.78, 5) is 35.7. The smallest absolute Gasteiger partial charge is 0.263 e. The van der Waals surface area contributed by atoms with Crippen LogP contribution in [0.1, 0.15) is 21.5 Å². The van der Waals surface area contributed by atoms with E-state index in [-0.39, 0.29) is 16.2 Å². The maximum absolute atomic E-state index is 13.6. The zero-order chi connectivity index (χ0) is 19.4. The summed E-state index contributed by atoms with van der Waals surface area (Å²) in [7, 11) is 0. The largest absolute Gasteiger partial charge is 0.299 e. The molecule has 1 fully saturated rings. The molecule has 1 aliphatic heterocycles. The van der Waals surface area contributed by atoms with Crippen molar-refractivity contribution in [3.63, 3.8) is 0 Å². The lowest BCUT2D eigenvalue weighted by molar-refractivity contribution is -0.123. The molecule has 0 aromatic heterocycles. The standard InChI is InChI=1S/C20H13FN2O3S/c21-16-4-2-1-3-14(16)17(24)10-9-12-5-7-13(8-6-12)11-15-18(25)22-20(27)23-19(15)26/h1-11H,(H2,22,23,25,26,27)/b10-9+. The number of thiocarbonyl (C=S) groups is 1. The average molecular weight is 380 g/mol. The topological polar surface area (TPSA) is 75.3 Å². The summed E-state index contributed by atoms with van der Waals surface area (Å²) in [6.07, 6.45) is 4.28. The van der Waals surface area contributed by atoms with E-state index in [4.69, 9.17) is 12.2 Å². The van der Waals surface area contributed by atoms with Crippen LogP contribution in [-0.2, 0) is 9.59 Å². The maximum atomic E-state index is 13.6. The molecule has 0 aliphatic carbocycles. The van der Waals surface area contributed by atoms with Gasteiger partial charge in [0.1, 0.15) is 11.4 Å². The summed E-state index contributed by atoms with van der Waals surface area (Å²) in [5, 5.41) is 4.69. The molecule has 3 rings (SSSR count). The minimum Gasteiger partial charge on any atom is -0.299 e. The number of benzene rings is 2. The van der Waals surface area contributed by atoms with E-state index in [0.29, 0.717) is 11.1 Å². The van der Waals surface area contributed by atoms with Gasteiger partial charge in [0.25, 0.3) is 11.8 Å². The number of ketones is 1. The number of nitrogens with one attached hydrogen (secondary N) is 2. The lowest BCUT2D eigenvalue weighted by Gasteiger charge is -2.16. The SMILES string of the molecule is O=C1NC(=S)NC(=O)C1=Cc1ccc(/C=C/C(=O)c2ccccc2F)cc1. The third-order valence-corrected chi connectivity index (χ3v) is 3.96. The van der Waals surface area contributed by atoms with Crippen molar-refractivity contribution in [3.05, 3.63) is 82.7 Å². The van der Waals surface area contributed by atoms with Crippen molar-refractivity contribution in [2.45, 2.75) is 0 Å². The van der Waals surface area contributed by atoms with Crippen LogP contribution < -0.4 is 10.6 Å². The lowest BCUT2D eigenvalue weighted by Crippen LogP contribution is -2.51. The lowest BCUT2D eigenvalue weighted by atomic mass is 10.1. The summed E-state index contributed by atoms with van der Waals surface area (Å²) in [5.74, 6) is -2.14. The van der Waals surface area contributed by atoms with Crippen molar-refractivity contribution < 1.29 is 18.8 Å². The Morgan fingerprint density at radius 2 is 1.52 bits per heavy atom. The fourth-order valence-corrected chi connectivity index (χ4v) is 2.58. The molecule has 1 heterocycles. The fourth-order valence-electron chi connectivity index (χ4n) is 2.40. The first kappa shape index (κ1) is 18.3. The van der Waals surface area contributed by atoms with Gasteiger partial charge in [-0.1, -0.05) is 42.5 Å². The van der Waals surface area contributed by atoms with Crippen LogP contribution in [0.25, 0.3) is 12.2 Å². The Bertz CT molecular complexity index is 988. The number of carbonyl (C=O) groups is 3. The molecule has 5 nitrogen and oxygen atoms in total. The molecule has 0 atom stereocenters. The number of allylic oxidation sites excluding steroid dienone is 1. The molecule has 2 N–H and O–H groups in total. The Morgan fingerprint density at radius 1 is 0.926 bits per heavy atom. The van der Waals surface area contributed by atoms with Crippen molar-refractivity contribution in [2.75, 3.05) is 0 Å². The molecule has 0 radical (unpaired) electrons. The van der Waals surface area contributed by atoms with Gasteiger partial charge in [0.15, 0.2) is 10.9 Å². The molecule has 1 saturated heterocycles. The number of carbonyl (C=O) groups excluding carboxylic acids is 3. The zero-order valence-electron chi connectivity index (χ0n) is 13.9. The molecule has 2 aromatic rings. The van der Waals surface area contributed by atoms with Gasteiger partial charge in [-0.3, -0.25) is 25.0 Å². The normalized spacial score (nSPS) is 14.1. The van der Waals surface area contributed by atoms with Crippen LogP contribution in [-0.4, -0.2) is 22.7 Å². The Labute approximate surface area is 159 Å². The van der Waals surface area contributed by atoms with Gasteiger partial charge >= 0.3 is 0 Å². The average Bonchev–Trinajstić information content (AvgIpc) is 2.64. The van der Waals surface area contributed by atoms with Crippen molar-refractivity contribution in [1.29, 1.82) is 0 Å². The van der Waals surface area contributed by atoms with E-state index in [1.165, 1.54) is 30.4 Å². The molecule has 2 aromatic carbocycles. The van der Waals surface area contributed by atoms with Crippen LogP contribution in [0.4, 0.5) is 4.39 Å². The molecule has 27 heavy (non-hydrogen) atoms. The number of hydrogen-bond acceptors (Lipinski definition) is 4. The molecule has 0 unspecified atom stereocenters. The summed E-state index contributed by atoms with van der Waals surface area (Å²) >= 11 is 4.74. The number of amides is 2. The number of hydrogen-bond donors (Lipinski definition) is 2. The highest BCUT2D eigenvalue weighted by atomic mass is 32.1. The van der Waals surface area contributed by atoms with Crippen LogP contribution in [0.15, 0.2) is 60.2 Å². The second-order valence-corrected chi connectivity index (χ2v) is 6.05. The summed E-state index contributed by atoms with van der Waals surface area (Å²) < 4.78 is 13.6. The highest BCUT2D eigenvalue weighted by Gasteiger charge is 2.25. The van der Waals surface area contributed by atoms with E-state index in [0.717, 1.165) is 0 Å². The van der Waals surface area contributed by atoms with Crippen molar-refractivity contribution in [1.82, 2.24) is 10.6 Å². The molecule has 7 heteroatoms. The van der Waals surface area contributed by atoms with E-state index in [2.05, 4.69) is 10.6 Å². The van der Waals surface area contributed by atoms with Crippen LogP contribution in [0.3, 0.4) is 0 Å². The number of halogens is 1. The van der Waals surface area contributed by atoms with Crippen LogP contribution in [0.5, 0.6) is 0 Å². The van der Waals surface area contributed by atoms with E-state index in [1.807, 2.05) is 0 Å². The Kier molecular flexibility index (Phi) is 5.33. The van der Waals surface area contributed by atoms with Gasteiger partial charge in [-0.05, 0) is 47.6 Å². The van der Waals surface area contributed by atoms with Gasteiger partial charge in [0, 0.05) is 0 Å². The van der Waals surface area contributed by atoms with E-state index < -0.39 is 23.4 Å². The fraction of sp³-hybridized carbons (Fsp3) is 0. The first-order chi connectivity index (χ1) is 12.9. The van der Waals surface area contributed by atoms with E-state index in [1.54, 1.807) is 36.4 Å². The Morgan fingerprint density at radius 3 is 2.15 bits per heavy atom. The quantitative estimate of drug-likeness (QED) is 0.370. The van der Waals surface area contributed by atoms with Gasteiger partial charge in [0.2, 0.25) is 0 Å². The molecule has 1 aliphatic rings. The second-order valence-electron chi connectivity index (χ2n) is 5.64. The van der Waals surface area contributed by atoms with Gasteiger partial charge in [-0.25, -0.2) is 4.39 Å². The summed E-state index contributed by atoms with van der Waals surface area (Å²) in [5.41, 5.74) is 1.28. The van der Waals surface area contributed by atoms with Gasteiger partial charge in [-0.15, -0.1) is 0 Å². The van der Waals surface area contributed by atoms with Crippen molar-refractivity contribution in [2.24, 2.45) is 0 Å². The van der Waals surface area contributed by atoms with Gasteiger partial charge < -0.3 is 0 Å². The van der Waals surface area contributed by atoms with Gasteiger partial charge in [0.05, 0.1) is 5.56 Å². The molecule has 0 bridgehead atoms. The van der Waals surface area contributed by atoms with Crippen molar-refractivity contribution in [3.8, 4) is 0 Å². The molecular formula is C20H13FN2O3S. The van der Waals surface area contributed by atoms with Gasteiger partial charge in [-0.2, -0.15) is 0 Å². The molecular weight excluding hydrogens is 367 g/mol.